The summed E-state index contributed by atoms with van der Waals surface area (Å²) in [6, 6.07) is 0.286. The molecule has 4 nitrogen and oxygen atoms in total. The predicted octanol–water partition coefficient (Wildman–Crippen LogP) is 2.22. The van der Waals surface area contributed by atoms with E-state index in [1.165, 1.54) is 38.5 Å². The maximum atomic E-state index is 11.3. The highest BCUT2D eigenvalue weighted by Crippen LogP contribution is 2.20. The summed E-state index contributed by atoms with van der Waals surface area (Å²) in [7, 11) is 0. The molecule has 4 heteroatoms. The summed E-state index contributed by atoms with van der Waals surface area (Å²) < 4.78 is 5.72. The van der Waals surface area contributed by atoms with Gasteiger partial charge in [0.2, 0.25) is 5.91 Å². The van der Waals surface area contributed by atoms with E-state index in [0.717, 1.165) is 6.61 Å². The molecule has 1 saturated carbocycles. The highest BCUT2D eigenvalue weighted by Gasteiger charge is 2.26. The SMILES string of the molecule is CCCCC(CC)COCCC(NC1CC1)C(N)=O. The van der Waals surface area contributed by atoms with Crippen molar-refractivity contribution in [2.24, 2.45) is 11.7 Å². The van der Waals surface area contributed by atoms with Crippen LogP contribution in [0.2, 0.25) is 0 Å². The minimum absolute atomic E-state index is 0.219. The van der Waals surface area contributed by atoms with E-state index in [0.29, 0.717) is 25.0 Å². The molecule has 0 aromatic rings. The quantitative estimate of drug-likeness (QED) is 0.534. The third kappa shape index (κ3) is 7.53. The fourth-order valence-corrected chi connectivity index (χ4v) is 2.19. The molecule has 0 bridgehead atoms. The molecule has 0 aliphatic heterocycles. The lowest BCUT2D eigenvalue weighted by Crippen LogP contribution is -2.43. The molecule has 0 heterocycles. The summed E-state index contributed by atoms with van der Waals surface area (Å²) in [5.74, 6) is 0.400. The Balaban J connectivity index is 2.10. The molecule has 2 unspecified atom stereocenters. The highest BCUT2D eigenvalue weighted by molar-refractivity contribution is 5.79. The van der Waals surface area contributed by atoms with Crippen molar-refractivity contribution < 1.29 is 9.53 Å². The standard InChI is InChI=1S/C15H30N2O2/c1-3-5-6-12(4-2)11-19-10-9-14(15(16)18)17-13-7-8-13/h12-14,17H,3-11H2,1-2H3,(H2,16,18). The van der Waals surface area contributed by atoms with Gasteiger partial charge in [0.1, 0.15) is 0 Å². The zero-order valence-electron chi connectivity index (χ0n) is 12.5. The number of unbranched alkanes of at least 4 members (excludes halogenated alkanes) is 1. The lowest BCUT2D eigenvalue weighted by atomic mass is 10.0. The van der Waals surface area contributed by atoms with Gasteiger partial charge in [0.05, 0.1) is 6.04 Å². The van der Waals surface area contributed by atoms with Crippen molar-refractivity contribution in [3.8, 4) is 0 Å². The molecule has 0 saturated heterocycles. The first-order valence-electron chi connectivity index (χ1n) is 7.80. The second-order valence-corrected chi connectivity index (χ2v) is 5.68. The molecular weight excluding hydrogens is 240 g/mol. The number of hydrogen-bond donors (Lipinski definition) is 2. The van der Waals surface area contributed by atoms with Crippen LogP contribution < -0.4 is 11.1 Å². The molecule has 112 valence electrons. The fraction of sp³-hybridized carbons (Fsp3) is 0.933. The molecule has 0 radical (unpaired) electrons. The number of nitrogens with one attached hydrogen (secondary N) is 1. The highest BCUT2D eigenvalue weighted by atomic mass is 16.5. The molecule has 3 N–H and O–H groups in total. The van der Waals surface area contributed by atoms with Crippen molar-refractivity contribution in [1.82, 2.24) is 5.32 Å². The topological polar surface area (TPSA) is 64.3 Å². The maximum absolute atomic E-state index is 11.3. The van der Waals surface area contributed by atoms with Crippen LogP contribution in [0.3, 0.4) is 0 Å². The van der Waals surface area contributed by atoms with Crippen LogP contribution in [-0.4, -0.2) is 31.2 Å². The molecule has 0 aromatic carbocycles. The molecule has 19 heavy (non-hydrogen) atoms. The summed E-state index contributed by atoms with van der Waals surface area (Å²) >= 11 is 0. The van der Waals surface area contributed by atoms with Crippen LogP contribution in [0.15, 0.2) is 0 Å². The second-order valence-electron chi connectivity index (χ2n) is 5.68. The molecule has 1 aliphatic carbocycles. The van der Waals surface area contributed by atoms with Gasteiger partial charge in [0.25, 0.3) is 0 Å². The first kappa shape index (κ1) is 16.4. The Morgan fingerprint density at radius 1 is 1.37 bits per heavy atom. The van der Waals surface area contributed by atoms with Crippen LogP contribution in [0.5, 0.6) is 0 Å². The van der Waals surface area contributed by atoms with Gasteiger partial charge in [-0.25, -0.2) is 0 Å². The third-order valence-corrected chi connectivity index (χ3v) is 3.81. The monoisotopic (exact) mass is 270 g/mol. The van der Waals surface area contributed by atoms with Crippen LogP contribution in [0.25, 0.3) is 0 Å². The molecule has 0 spiro atoms. The smallest absolute Gasteiger partial charge is 0.234 e. The van der Waals surface area contributed by atoms with Crippen LogP contribution in [-0.2, 0) is 9.53 Å². The minimum Gasteiger partial charge on any atom is -0.381 e. The summed E-state index contributed by atoms with van der Waals surface area (Å²) in [6.45, 7) is 5.86. The Bertz CT molecular complexity index is 255. The number of ether oxygens (including phenoxy) is 1. The third-order valence-electron chi connectivity index (χ3n) is 3.81. The summed E-state index contributed by atoms with van der Waals surface area (Å²) in [5.41, 5.74) is 5.39. The van der Waals surface area contributed by atoms with Crippen molar-refractivity contribution in [2.75, 3.05) is 13.2 Å². The average Bonchev–Trinajstić information content (AvgIpc) is 3.20. The van der Waals surface area contributed by atoms with E-state index in [1.54, 1.807) is 0 Å². The number of nitrogens with two attached hydrogens (primary N) is 1. The van der Waals surface area contributed by atoms with Crippen molar-refractivity contribution in [3.05, 3.63) is 0 Å². The van der Waals surface area contributed by atoms with Gasteiger partial charge in [-0.2, -0.15) is 0 Å². The van der Waals surface area contributed by atoms with Gasteiger partial charge in [-0.3, -0.25) is 4.79 Å². The summed E-state index contributed by atoms with van der Waals surface area (Å²) in [5, 5.41) is 3.27. The Morgan fingerprint density at radius 3 is 2.63 bits per heavy atom. The van der Waals surface area contributed by atoms with E-state index in [2.05, 4.69) is 19.2 Å². The van der Waals surface area contributed by atoms with Crippen molar-refractivity contribution >= 4 is 5.91 Å². The van der Waals surface area contributed by atoms with Gasteiger partial charge in [-0.15, -0.1) is 0 Å². The molecule has 2 atom stereocenters. The summed E-state index contributed by atoms with van der Waals surface area (Å²) in [6.07, 6.45) is 7.95. The van der Waals surface area contributed by atoms with E-state index >= 15 is 0 Å². The Hall–Kier alpha value is -0.610. The van der Waals surface area contributed by atoms with Crippen molar-refractivity contribution in [1.29, 1.82) is 0 Å². The number of amides is 1. The molecule has 1 amide bonds. The van der Waals surface area contributed by atoms with Gasteiger partial charge >= 0.3 is 0 Å². The molecule has 1 fully saturated rings. The predicted molar refractivity (Wildman–Crippen MR) is 77.9 cm³/mol. The van der Waals surface area contributed by atoms with Gasteiger partial charge in [0.15, 0.2) is 0 Å². The molecule has 1 aliphatic rings. The zero-order valence-corrected chi connectivity index (χ0v) is 12.5. The normalized spacial score (nSPS) is 18.2. The van der Waals surface area contributed by atoms with Crippen molar-refractivity contribution in [3.63, 3.8) is 0 Å². The van der Waals surface area contributed by atoms with E-state index in [1.807, 2.05) is 0 Å². The number of carbonyl (C=O) groups excluding carboxylic acids is 1. The molecule has 0 aromatic heterocycles. The lowest BCUT2D eigenvalue weighted by molar-refractivity contribution is -0.120. The van der Waals surface area contributed by atoms with E-state index in [4.69, 9.17) is 10.5 Å². The van der Waals surface area contributed by atoms with E-state index in [-0.39, 0.29) is 11.9 Å². The first-order valence-corrected chi connectivity index (χ1v) is 7.80. The molecule has 1 rings (SSSR count). The van der Waals surface area contributed by atoms with Gasteiger partial charge < -0.3 is 15.8 Å². The summed E-state index contributed by atoms with van der Waals surface area (Å²) in [4.78, 5) is 11.3. The Labute approximate surface area is 117 Å². The Kier molecular flexibility index (Phi) is 8.07. The number of carbonyl (C=O) groups is 1. The van der Waals surface area contributed by atoms with Gasteiger partial charge in [0, 0.05) is 19.3 Å². The zero-order chi connectivity index (χ0) is 14.1. The fourth-order valence-electron chi connectivity index (χ4n) is 2.19. The van der Waals surface area contributed by atoms with Crippen molar-refractivity contribution in [2.45, 2.75) is 70.9 Å². The van der Waals surface area contributed by atoms with E-state index < -0.39 is 0 Å². The average molecular weight is 270 g/mol. The van der Waals surface area contributed by atoms with Gasteiger partial charge in [-0.05, 0) is 31.6 Å². The van der Waals surface area contributed by atoms with E-state index in [9.17, 15) is 4.79 Å². The molecular formula is C15H30N2O2. The minimum atomic E-state index is -0.256. The van der Waals surface area contributed by atoms with Gasteiger partial charge in [-0.1, -0.05) is 33.1 Å². The van der Waals surface area contributed by atoms with Crippen LogP contribution >= 0.6 is 0 Å². The Morgan fingerprint density at radius 2 is 2.11 bits per heavy atom. The van der Waals surface area contributed by atoms with Crippen LogP contribution in [0, 0.1) is 5.92 Å². The largest absolute Gasteiger partial charge is 0.381 e. The first-order chi connectivity index (χ1) is 9.17. The number of hydrogen-bond acceptors (Lipinski definition) is 3. The maximum Gasteiger partial charge on any atom is 0.234 e. The van der Waals surface area contributed by atoms with Crippen LogP contribution in [0.1, 0.15) is 58.8 Å². The van der Waals surface area contributed by atoms with Crippen LogP contribution in [0.4, 0.5) is 0 Å². The number of rotatable bonds is 12. The lowest BCUT2D eigenvalue weighted by Gasteiger charge is -2.17. The second kappa shape index (κ2) is 9.32. The number of primary amides is 1.